The van der Waals surface area contributed by atoms with E-state index in [9.17, 15) is 39.0 Å². The number of carboxylic acids is 1. The summed E-state index contributed by atoms with van der Waals surface area (Å²) in [6.07, 6.45) is 1.64. The lowest BCUT2D eigenvalue weighted by atomic mass is 9.99. The largest absolute Gasteiger partial charge is 0.508 e. The lowest BCUT2D eigenvalue weighted by Gasteiger charge is -2.27. The Morgan fingerprint density at radius 1 is 0.907 bits per heavy atom. The van der Waals surface area contributed by atoms with E-state index in [0.717, 1.165) is 6.21 Å². The van der Waals surface area contributed by atoms with Crippen LogP contribution in [0.5, 0.6) is 5.75 Å². The number of nitrogens with zero attached hydrogens (tertiary/aromatic N) is 1. The van der Waals surface area contributed by atoms with Crippen LogP contribution in [0.15, 0.2) is 29.4 Å². The van der Waals surface area contributed by atoms with Crippen molar-refractivity contribution >= 4 is 41.8 Å². The van der Waals surface area contributed by atoms with Gasteiger partial charge in [-0.1, -0.05) is 26.0 Å². The molecule has 1 aromatic carbocycles. The van der Waals surface area contributed by atoms with Gasteiger partial charge < -0.3 is 42.9 Å². The smallest absolute Gasteiger partial charge is 0.332 e. The fraction of sp³-hybridized carbons (Fsp3) is 0.519. The van der Waals surface area contributed by atoms with E-state index in [1.807, 2.05) is 5.43 Å². The molecule has 0 saturated heterocycles. The van der Waals surface area contributed by atoms with Gasteiger partial charge in [-0.05, 0) is 49.4 Å². The summed E-state index contributed by atoms with van der Waals surface area (Å²) in [7, 11) is 0. The van der Waals surface area contributed by atoms with Crippen LogP contribution >= 0.6 is 0 Å². The quantitative estimate of drug-likeness (QED) is 0.0551. The van der Waals surface area contributed by atoms with Crippen LogP contribution in [0.25, 0.3) is 0 Å². The summed E-state index contributed by atoms with van der Waals surface area (Å²) >= 11 is 0. The Kier molecular flexibility index (Phi) is 15.7. The molecule has 6 amide bonds. The number of hydrogen-bond acceptors (Lipinski definition) is 9. The maximum Gasteiger partial charge on any atom is 0.332 e. The number of nitrogens with one attached hydrogen (secondary N) is 5. The molecule has 0 bridgehead atoms. The Hall–Kier alpha value is -4.73. The van der Waals surface area contributed by atoms with Gasteiger partial charge in [0.05, 0.1) is 12.5 Å². The molecule has 16 heteroatoms. The lowest BCUT2D eigenvalue weighted by Crippen LogP contribution is -2.59. The second kappa shape index (κ2) is 18.7. The van der Waals surface area contributed by atoms with Crippen molar-refractivity contribution < 1.29 is 39.0 Å². The Morgan fingerprint density at radius 2 is 1.53 bits per heavy atom. The van der Waals surface area contributed by atoms with Crippen LogP contribution in [0.2, 0.25) is 0 Å². The summed E-state index contributed by atoms with van der Waals surface area (Å²) in [6.45, 7) is 4.96. The zero-order valence-electron chi connectivity index (χ0n) is 24.5. The van der Waals surface area contributed by atoms with E-state index in [-0.39, 0.29) is 18.6 Å². The Morgan fingerprint density at radius 3 is 2.07 bits per heavy atom. The zero-order chi connectivity index (χ0) is 32.5. The van der Waals surface area contributed by atoms with Crippen LogP contribution in [0, 0.1) is 5.92 Å². The van der Waals surface area contributed by atoms with Crippen LogP contribution in [0.4, 0.5) is 4.79 Å². The highest BCUT2D eigenvalue weighted by molar-refractivity contribution is 5.95. The molecule has 0 unspecified atom stereocenters. The molecule has 0 aliphatic heterocycles. The first-order chi connectivity index (χ1) is 20.2. The number of phenols is 1. The molecule has 11 N–H and O–H groups in total. The highest BCUT2D eigenvalue weighted by Gasteiger charge is 2.32. The molecule has 0 aromatic heterocycles. The number of phenolic OH excluding ortho intramolecular Hbond substituents is 1. The van der Waals surface area contributed by atoms with Gasteiger partial charge in [-0.15, -0.1) is 0 Å². The van der Waals surface area contributed by atoms with Gasteiger partial charge in [0.2, 0.25) is 23.6 Å². The predicted octanol–water partition coefficient (Wildman–Crippen LogP) is -1.19. The minimum absolute atomic E-state index is 0.0368. The molecule has 0 aliphatic carbocycles. The molecule has 0 heterocycles. The third-order valence-electron chi connectivity index (χ3n) is 6.05. The Bertz CT molecular complexity index is 1140. The number of nitrogens with two attached hydrogens (primary N) is 2. The van der Waals surface area contributed by atoms with Crippen molar-refractivity contribution in [1.82, 2.24) is 26.7 Å². The molecule has 0 fully saturated rings. The number of unbranched alkanes of at least 4 members (excludes halogenated alkanes) is 1. The average molecular weight is 607 g/mol. The third-order valence-corrected chi connectivity index (χ3v) is 6.05. The molecule has 16 nitrogen and oxygen atoms in total. The molecule has 0 radical (unpaired) electrons. The number of hydrogen-bond donors (Lipinski definition) is 9. The van der Waals surface area contributed by atoms with Gasteiger partial charge in [0.1, 0.15) is 23.9 Å². The maximum atomic E-state index is 13.4. The van der Waals surface area contributed by atoms with Gasteiger partial charge in [-0.2, -0.15) is 5.10 Å². The van der Waals surface area contributed by atoms with Crippen molar-refractivity contribution in [3.05, 3.63) is 29.8 Å². The minimum atomic E-state index is -1.26. The summed E-state index contributed by atoms with van der Waals surface area (Å²) in [4.78, 5) is 73.8. The third kappa shape index (κ3) is 14.6. The summed E-state index contributed by atoms with van der Waals surface area (Å²) in [5.41, 5.74) is 13.1. The normalized spacial score (nSPS) is 13.8. The summed E-state index contributed by atoms with van der Waals surface area (Å²) in [5.74, 6) is -4.17. The van der Waals surface area contributed by atoms with Gasteiger partial charge in [-0.3, -0.25) is 24.0 Å². The molecule has 0 saturated carbocycles. The fourth-order valence-electron chi connectivity index (χ4n) is 3.94. The number of urea groups is 1. The topological polar surface area (TPSA) is 267 Å². The van der Waals surface area contributed by atoms with Crippen molar-refractivity contribution in [2.24, 2.45) is 22.5 Å². The predicted molar refractivity (Wildman–Crippen MR) is 156 cm³/mol. The van der Waals surface area contributed by atoms with E-state index >= 15 is 0 Å². The second-order valence-electron chi connectivity index (χ2n) is 10.2. The first-order valence-corrected chi connectivity index (χ1v) is 13.7. The van der Waals surface area contributed by atoms with Crippen molar-refractivity contribution in [3.8, 4) is 5.75 Å². The van der Waals surface area contributed by atoms with Gasteiger partial charge in [0.15, 0.2) is 0 Å². The molecule has 0 aliphatic rings. The number of amides is 6. The number of aliphatic carboxylic acids is 1. The number of carboxylic acid groups (broad SMARTS) is 1. The first-order valence-electron chi connectivity index (χ1n) is 13.7. The van der Waals surface area contributed by atoms with Gasteiger partial charge in [0, 0.05) is 19.6 Å². The number of hydrazone groups is 1. The average Bonchev–Trinajstić information content (AvgIpc) is 2.90. The number of rotatable bonds is 18. The number of aromatic hydroxyl groups is 1. The van der Waals surface area contributed by atoms with E-state index < -0.39 is 72.1 Å². The molecule has 4 atom stereocenters. The zero-order valence-corrected chi connectivity index (χ0v) is 24.5. The monoisotopic (exact) mass is 606 g/mol. The van der Waals surface area contributed by atoms with Gasteiger partial charge >= 0.3 is 12.0 Å². The molecule has 0 spiro atoms. The first kappa shape index (κ1) is 36.3. The standard InChI is InChI=1S/C27H42N8O8/c1-15(2)23(34-25(41)21(31-16(3)36)12-17-7-9-19(37)10-8-17)26(42)33-20(6-4-5-11-28)24(40)32-18(13-22(38)39)14-30-35-27(29)43/h7-10,14-15,18,20-21,23,37H,4-6,11-13,28H2,1-3H3,(H,31,36)(H,32,40)(H,33,42)(H,34,41)(H,38,39)(H3,29,35,43)/b30-14+/t18-,20-,21-,23-/m0/s1. The van der Waals surface area contributed by atoms with Crippen LogP contribution in [0.1, 0.15) is 52.0 Å². The highest BCUT2D eigenvalue weighted by atomic mass is 16.4. The van der Waals surface area contributed by atoms with Gasteiger partial charge in [0.25, 0.3) is 0 Å². The fourth-order valence-corrected chi connectivity index (χ4v) is 3.94. The second-order valence-corrected chi connectivity index (χ2v) is 10.2. The van der Waals surface area contributed by atoms with E-state index in [1.165, 1.54) is 19.1 Å². The molecule has 238 valence electrons. The van der Waals surface area contributed by atoms with Gasteiger partial charge in [-0.25, -0.2) is 10.2 Å². The lowest BCUT2D eigenvalue weighted by molar-refractivity contribution is -0.137. The summed E-state index contributed by atoms with van der Waals surface area (Å²) < 4.78 is 0. The SMILES string of the molecule is CC(=O)N[C@@H](Cc1ccc(O)cc1)C(=O)N[C@H](C(=O)N[C@@H](CCCCN)C(=O)N[C@H](/C=N/NC(N)=O)CC(=O)O)C(C)C. The number of primary amides is 1. The highest BCUT2D eigenvalue weighted by Crippen LogP contribution is 2.13. The van der Waals surface area contributed by atoms with Crippen LogP contribution in [0.3, 0.4) is 0 Å². The van der Waals surface area contributed by atoms with E-state index in [1.54, 1.807) is 26.0 Å². The van der Waals surface area contributed by atoms with Crippen molar-refractivity contribution in [2.45, 2.75) is 77.0 Å². The summed E-state index contributed by atoms with van der Waals surface area (Å²) in [6, 6.07) is 0.669. The van der Waals surface area contributed by atoms with E-state index in [0.29, 0.717) is 24.9 Å². The minimum Gasteiger partial charge on any atom is -0.508 e. The van der Waals surface area contributed by atoms with Crippen molar-refractivity contribution in [3.63, 3.8) is 0 Å². The number of carbonyl (C=O) groups excluding carboxylic acids is 5. The summed E-state index contributed by atoms with van der Waals surface area (Å²) in [5, 5.41) is 32.6. The Balaban J connectivity index is 3.11. The molecular formula is C27H42N8O8. The molecular weight excluding hydrogens is 564 g/mol. The maximum absolute atomic E-state index is 13.4. The van der Waals surface area contributed by atoms with E-state index in [4.69, 9.17) is 11.5 Å². The molecule has 43 heavy (non-hydrogen) atoms. The number of carbonyl (C=O) groups is 6. The van der Waals surface area contributed by atoms with Crippen molar-refractivity contribution in [1.29, 1.82) is 0 Å². The molecule has 1 aromatic rings. The Labute approximate surface area is 249 Å². The van der Waals surface area contributed by atoms with E-state index in [2.05, 4.69) is 26.4 Å². The molecule has 1 rings (SSSR count). The van der Waals surface area contributed by atoms with Crippen molar-refractivity contribution in [2.75, 3.05) is 6.54 Å². The van der Waals surface area contributed by atoms with Crippen LogP contribution < -0.4 is 38.2 Å². The number of benzene rings is 1. The van der Waals surface area contributed by atoms with Crippen LogP contribution in [-0.2, 0) is 30.4 Å². The van der Waals surface area contributed by atoms with Crippen LogP contribution in [-0.4, -0.2) is 82.8 Å².